The summed E-state index contributed by atoms with van der Waals surface area (Å²) in [5, 5.41) is 0. The second-order valence-corrected chi connectivity index (χ2v) is 8.46. The van der Waals surface area contributed by atoms with Crippen LogP contribution in [0.5, 0.6) is 0 Å². The van der Waals surface area contributed by atoms with Gasteiger partial charge in [-0.15, -0.1) is 0 Å². The fourth-order valence-electron chi connectivity index (χ4n) is 3.88. The summed E-state index contributed by atoms with van der Waals surface area (Å²) in [4.78, 5) is 9.41. The lowest BCUT2D eigenvalue weighted by molar-refractivity contribution is 0.632. The first kappa shape index (κ1) is 19.5. The van der Waals surface area contributed by atoms with E-state index in [0.29, 0.717) is 0 Å². The van der Waals surface area contributed by atoms with Gasteiger partial charge in [-0.25, -0.2) is 0 Å². The van der Waals surface area contributed by atoms with E-state index in [1.54, 1.807) is 0 Å². The van der Waals surface area contributed by atoms with E-state index in [1.807, 2.05) is 0 Å². The third-order valence-corrected chi connectivity index (χ3v) is 5.68. The summed E-state index contributed by atoms with van der Waals surface area (Å²) in [5.74, 6) is 0. The van der Waals surface area contributed by atoms with Crippen molar-refractivity contribution >= 4 is 17.1 Å². The number of fused-ring (bicyclic) bond motifs is 2. The largest absolute Gasteiger partial charge is 0.378 e. The number of rotatable bonds is 5. The molecule has 0 aromatic heterocycles. The zero-order valence-electron chi connectivity index (χ0n) is 17.9. The summed E-state index contributed by atoms with van der Waals surface area (Å²) in [6.07, 6.45) is 2.30. The molecule has 3 heteroatoms. The minimum atomic E-state index is -0.0630. The first-order chi connectivity index (χ1) is 12.8. The Morgan fingerprint density at radius 1 is 0.815 bits per heavy atom. The van der Waals surface area contributed by atoms with Gasteiger partial charge in [-0.3, -0.25) is 4.99 Å². The number of nitrogens with zero attached hydrogens (tertiary/aromatic N) is 3. The number of aliphatic imine (C=N–C) groups is 1. The highest BCUT2D eigenvalue weighted by molar-refractivity contribution is 6.17. The highest BCUT2D eigenvalue weighted by Crippen LogP contribution is 2.44. The third-order valence-electron chi connectivity index (χ3n) is 5.68. The van der Waals surface area contributed by atoms with Gasteiger partial charge in [0.1, 0.15) is 0 Å². The Morgan fingerprint density at radius 2 is 1.30 bits per heavy atom. The molecule has 1 aliphatic rings. The molecule has 0 atom stereocenters. The zero-order valence-corrected chi connectivity index (χ0v) is 17.9. The normalized spacial score (nSPS) is 14.4. The van der Waals surface area contributed by atoms with Crippen molar-refractivity contribution in [3.8, 4) is 0 Å². The van der Waals surface area contributed by atoms with Crippen LogP contribution >= 0.6 is 0 Å². The molecule has 0 heterocycles. The average molecular weight is 364 g/mol. The summed E-state index contributed by atoms with van der Waals surface area (Å²) >= 11 is 0. The van der Waals surface area contributed by atoms with E-state index in [1.165, 1.54) is 40.0 Å². The SMILES string of the molecule is CCCCN=C1c2ccc(N(C)C)cc2C(C)(C)c2cc(N(C)C)ccc21. The second kappa shape index (κ2) is 7.38. The topological polar surface area (TPSA) is 18.8 Å². The molecule has 0 aliphatic heterocycles. The van der Waals surface area contributed by atoms with Crippen molar-refractivity contribution in [3.05, 3.63) is 58.7 Å². The number of unbranched alkanes of at least 4 members (excludes halogenated alkanes) is 1. The van der Waals surface area contributed by atoms with Crippen LogP contribution in [-0.2, 0) is 5.41 Å². The van der Waals surface area contributed by atoms with Crippen LogP contribution < -0.4 is 9.80 Å². The molecule has 0 saturated carbocycles. The van der Waals surface area contributed by atoms with Crippen LogP contribution in [0.4, 0.5) is 11.4 Å². The summed E-state index contributed by atoms with van der Waals surface area (Å²) in [6, 6.07) is 13.6. The molecule has 0 bridgehead atoms. The summed E-state index contributed by atoms with van der Waals surface area (Å²) in [7, 11) is 8.41. The molecule has 0 amide bonds. The summed E-state index contributed by atoms with van der Waals surface area (Å²) in [5.41, 5.74) is 8.87. The highest BCUT2D eigenvalue weighted by Gasteiger charge is 2.36. The second-order valence-electron chi connectivity index (χ2n) is 8.46. The minimum absolute atomic E-state index is 0.0630. The molecule has 0 radical (unpaired) electrons. The van der Waals surface area contributed by atoms with E-state index in [2.05, 4.69) is 95.2 Å². The molecule has 3 nitrogen and oxygen atoms in total. The molecule has 0 spiro atoms. The van der Waals surface area contributed by atoms with Gasteiger partial charge in [0.05, 0.1) is 5.71 Å². The number of hydrogen-bond acceptors (Lipinski definition) is 3. The number of anilines is 2. The summed E-state index contributed by atoms with van der Waals surface area (Å²) in [6.45, 7) is 7.79. The van der Waals surface area contributed by atoms with Crippen LogP contribution in [0, 0.1) is 0 Å². The van der Waals surface area contributed by atoms with Crippen molar-refractivity contribution in [2.45, 2.75) is 39.0 Å². The maximum Gasteiger partial charge on any atom is 0.0725 e. The highest BCUT2D eigenvalue weighted by atomic mass is 15.1. The van der Waals surface area contributed by atoms with Gasteiger partial charge in [-0.2, -0.15) is 0 Å². The van der Waals surface area contributed by atoms with Crippen LogP contribution in [0.25, 0.3) is 0 Å². The monoisotopic (exact) mass is 363 g/mol. The van der Waals surface area contributed by atoms with Gasteiger partial charge >= 0.3 is 0 Å². The minimum Gasteiger partial charge on any atom is -0.378 e. The fraction of sp³-hybridized carbons (Fsp3) is 0.458. The Balaban J connectivity index is 2.25. The van der Waals surface area contributed by atoms with Crippen molar-refractivity contribution in [1.82, 2.24) is 0 Å². The average Bonchev–Trinajstić information content (AvgIpc) is 2.64. The molecule has 2 aromatic rings. The molecule has 0 unspecified atom stereocenters. The van der Waals surface area contributed by atoms with Gasteiger partial charge in [0, 0.05) is 62.7 Å². The van der Waals surface area contributed by atoms with E-state index in [-0.39, 0.29) is 5.41 Å². The Morgan fingerprint density at radius 3 is 1.70 bits per heavy atom. The Bertz CT molecular complexity index is 796. The van der Waals surface area contributed by atoms with Gasteiger partial charge in [-0.1, -0.05) is 39.3 Å². The standard InChI is InChI=1S/C24H33N3/c1-8-9-14-25-23-19-12-10-17(26(4)5)15-21(19)24(2,3)22-16-18(27(6)7)11-13-20(22)23/h10-13,15-16H,8-9,14H2,1-7H3. The molecular formula is C24H33N3. The molecule has 0 N–H and O–H groups in total. The van der Waals surface area contributed by atoms with Gasteiger partial charge in [-0.05, 0) is 41.8 Å². The van der Waals surface area contributed by atoms with Crippen LogP contribution in [0.15, 0.2) is 41.4 Å². The van der Waals surface area contributed by atoms with E-state index >= 15 is 0 Å². The molecular weight excluding hydrogens is 330 g/mol. The first-order valence-electron chi connectivity index (χ1n) is 9.96. The van der Waals surface area contributed by atoms with Gasteiger partial charge in [0.15, 0.2) is 0 Å². The van der Waals surface area contributed by atoms with Crippen molar-refractivity contribution in [1.29, 1.82) is 0 Å². The van der Waals surface area contributed by atoms with Gasteiger partial charge < -0.3 is 9.80 Å². The predicted molar refractivity (Wildman–Crippen MR) is 119 cm³/mol. The van der Waals surface area contributed by atoms with Crippen LogP contribution in [0.3, 0.4) is 0 Å². The maximum atomic E-state index is 5.06. The van der Waals surface area contributed by atoms with Crippen LogP contribution in [-0.4, -0.2) is 40.4 Å². The van der Waals surface area contributed by atoms with E-state index in [4.69, 9.17) is 4.99 Å². The molecule has 27 heavy (non-hydrogen) atoms. The molecule has 2 aromatic carbocycles. The Kier molecular flexibility index (Phi) is 5.32. The first-order valence-corrected chi connectivity index (χ1v) is 9.96. The van der Waals surface area contributed by atoms with Crippen molar-refractivity contribution in [3.63, 3.8) is 0 Å². The van der Waals surface area contributed by atoms with Gasteiger partial charge in [0.2, 0.25) is 0 Å². The third kappa shape index (κ3) is 3.47. The Hall–Kier alpha value is -2.29. The number of benzene rings is 2. The molecule has 144 valence electrons. The van der Waals surface area contributed by atoms with Crippen LogP contribution in [0.2, 0.25) is 0 Å². The smallest absolute Gasteiger partial charge is 0.0725 e. The fourth-order valence-corrected chi connectivity index (χ4v) is 3.88. The van der Waals surface area contributed by atoms with Crippen molar-refractivity contribution in [2.24, 2.45) is 4.99 Å². The quantitative estimate of drug-likeness (QED) is 0.689. The lowest BCUT2D eigenvalue weighted by Crippen LogP contribution is -2.31. The Labute approximate surface area is 164 Å². The number of hydrogen-bond donors (Lipinski definition) is 0. The molecule has 1 aliphatic carbocycles. The molecule has 0 saturated heterocycles. The summed E-state index contributed by atoms with van der Waals surface area (Å²) < 4.78 is 0. The van der Waals surface area contributed by atoms with E-state index < -0.39 is 0 Å². The van der Waals surface area contributed by atoms with Crippen LogP contribution in [0.1, 0.15) is 55.9 Å². The van der Waals surface area contributed by atoms with Crippen molar-refractivity contribution in [2.75, 3.05) is 44.5 Å². The van der Waals surface area contributed by atoms with Gasteiger partial charge in [0.25, 0.3) is 0 Å². The lowest BCUT2D eigenvalue weighted by Gasteiger charge is -2.37. The molecule has 0 fully saturated rings. The lowest BCUT2D eigenvalue weighted by atomic mass is 9.68. The molecule has 3 rings (SSSR count). The van der Waals surface area contributed by atoms with E-state index in [9.17, 15) is 0 Å². The zero-order chi connectivity index (χ0) is 19.8. The maximum absolute atomic E-state index is 5.06. The predicted octanol–water partition coefficient (Wildman–Crippen LogP) is 5.10. The van der Waals surface area contributed by atoms with Crippen molar-refractivity contribution < 1.29 is 0 Å². The van der Waals surface area contributed by atoms with E-state index in [0.717, 1.165) is 18.7 Å².